The Kier molecular flexibility index (Phi) is 11.0. The Morgan fingerprint density at radius 3 is 2.53 bits per heavy atom. The minimum Gasteiger partial charge on any atom is -0.480 e. The Bertz CT molecular complexity index is 269. The minimum atomic E-state index is -0.996. The van der Waals surface area contributed by atoms with E-state index in [0.29, 0.717) is 18.9 Å². The molecule has 0 heterocycles. The molecule has 112 valence electrons. The van der Waals surface area contributed by atoms with Gasteiger partial charge in [0.1, 0.15) is 6.04 Å². The number of hydrogen-bond donors (Lipinski definition) is 4. The molecule has 0 aromatic heterocycles. The summed E-state index contributed by atoms with van der Waals surface area (Å²) >= 11 is 0. The third-order valence-corrected chi connectivity index (χ3v) is 2.87. The van der Waals surface area contributed by atoms with Crippen LogP contribution < -0.4 is 16.8 Å². The van der Waals surface area contributed by atoms with Crippen molar-refractivity contribution in [1.29, 1.82) is 0 Å². The average Bonchev–Trinajstić information content (AvgIpc) is 2.37. The highest BCUT2D eigenvalue weighted by Gasteiger charge is 2.09. The molecule has 19 heavy (non-hydrogen) atoms. The van der Waals surface area contributed by atoms with Crippen LogP contribution in [-0.2, 0) is 4.79 Å². The zero-order valence-corrected chi connectivity index (χ0v) is 11.9. The highest BCUT2D eigenvalue weighted by Crippen LogP contribution is 2.04. The number of carboxylic acids is 1. The summed E-state index contributed by atoms with van der Waals surface area (Å²) in [6, 6.07) is -0.848. The summed E-state index contributed by atoms with van der Waals surface area (Å²) in [5.41, 5.74) is 11.0. The van der Waals surface area contributed by atoms with E-state index in [1.54, 1.807) is 0 Å². The summed E-state index contributed by atoms with van der Waals surface area (Å²) in [5.74, 6) is -0.629. The predicted octanol–water partition coefficient (Wildman–Crippen LogP) is 1.05. The van der Waals surface area contributed by atoms with Gasteiger partial charge < -0.3 is 21.9 Å². The molecule has 0 aliphatic heterocycles. The highest BCUT2D eigenvalue weighted by molar-refractivity contribution is 5.78. The minimum absolute atomic E-state index is 0.336. The van der Waals surface area contributed by atoms with Crippen molar-refractivity contribution in [1.82, 2.24) is 5.32 Å². The van der Waals surface area contributed by atoms with Gasteiger partial charge in [0.25, 0.3) is 0 Å². The lowest BCUT2D eigenvalue weighted by atomic mass is 10.1. The van der Waals surface area contributed by atoms with Gasteiger partial charge in [-0.3, -0.25) is 9.79 Å². The summed E-state index contributed by atoms with van der Waals surface area (Å²) in [7, 11) is 0. The van der Waals surface area contributed by atoms with Crippen molar-refractivity contribution in [2.75, 3.05) is 13.1 Å². The van der Waals surface area contributed by atoms with Gasteiger partial charge in [0, 0.05) is 13.1 Å². The number of nitrogens with one attached hydrogen (secondary N) is 1. The molecule has 1 atom stereocenters. The van der Waals surface area contributed by atoms with Crippen molar-refractivity contribution in [2.24, 2.45) is 16.5 Å². The van der Waals surface area contributed by atoms with Crippen LogP contribution in [0.4, 0.5) is 0 Å². The van der Waals surface area contributed by atoms with Crippen LogP contribution in [0.15, 0.2) is 4.99 Å². The molecule has 6 nitrogen and oxygen atoms in total. The molecule has 0 amide bonds. The molecule has 0 aromatic carbocycles. The molecule has 0 radical (unpaired) electrons. The molecule has 6 heteroatoms. The summed E-state index contributed by atoms with van der Waals surface area (Å²) in [6.45, 7) is 3.35. The van der Waals surface area contributed by atoms with Crippen LogP contribution >= 0.6 is 0 Å². The number of carboxylic acid groups (broad SMARTS) is 1. The smallest absolute Gasteiger partial charge is 0.320 e. The van der Waals surface area contributed by atoms with Crippen molar-refractivity contribution >= 4 is 11.9 Å². The predicted molar refractivity (Wildman–Crippen MR) is 78.1 cm³/mol. The van der Waals surface area contributed by atoms with Gasteiger partial charge in [-0.1, -0.05) is 39.0 Å². The summed E-state index contributed by atoms with van der Waals surface area (Å²) in [4.78, 5) is 14.7. The number of nitrogens with two attached hydrogens (primary N) is 2. The van der Waals surface area contributed by atoms with Gasteiger partial charge in [-0.05, 0) is 12.8 Å². The van der Waals surface area contributed by atoms with Crippen molar-refractivity contribution < 1.29 is 9.90 Å². The van der Waals surface area contributed by atoms with Crippen LogP contribution in [-0.4, -0.2) is 36.2 Å². The Morgan fingerprint density at radius 1 is 1.26 bits per heavy atom. The Balaban J connectivity index is 3.47. The maximum Gasteiger partial charge on any atom is 0.320 e. The lowest BCUT2D eigenvalue weighted by Crippen LogP contribution is -2.38. The van der Waals surface area contributed by atoms with Gasteiger partial charge in [0.2, 0.25) is 0 Å². The molecular weight excluding hydrogens is 244 g/mol. The van der Waals surface area contributed by atoms with Crippen molar-refractivity contribution in [3.63, 3.8) is 0 Å². The fourth-order valence-corrected chi connectivity index (χ4v) is 1.63. The quantitative estimate of drug-likeness (QED) is 0.255. The van der Waals surface area contributed by atoms with Crippen LogP contribution in [0.25, 0.3) is 0 Å². The summed E-state index contributed by atoms with van der Waals surface area (Å²) in [5, 5.41) is 11.5. The van der Waals surface area contributed by atoms with Gasteiger partial charge in [-0.15, -0.1) is 0 Å². The Morgan fingerprint density at radius 2 is 1.89 bits per heavy atom. The first kappa shape index (κ1) is 17.7. The van der Waals surface area contributed by atoms with Gasteiger partial charge in [-0.25, -0.2) is 0 Å². The second kappa shape index (κ2) is 11.8. The van der Waals surface area contributed by atoms with Crippen molar-refractivity contribution in [2.45, 2.75) is 57.9 Å². The van der Waals surface area contributed by atoms with E-state index in [1.807, 2.05) is 0 Å². The van der Waals surface area contributed by atoms with Gasteiger partial charge in [0.15, 0.2) is 5.96 Å². The Hall–Kier alpha value is -1.30. The molecule has 0 saturated carbocycles. The molecule has 0 aliphatic rings. The molecular formula is C13H28N4O2. The number of guanidine groups is 1. The molecule has 0 spiro atoms. The number of carbonyl (C=O) groups is 1. The molecule has 0 rings (SSSR count). The molecule has 1 unspecified atom stereocenters. The first-order valence-corrected chi connectivity index (χ1v) is 7.10. The first-order valence-electron chi connectivity index (χ1n) is 7.10. The average molecular weight is 272 g/mol. The normalized spacial score (nSPS) is 13.3. The van der Waals surface area contributed by atoms with Crippen LogP contribution in [0, 0.1) is 0 Å². The molecule has 0 saturated heterocycles. The number of aliphatic imine (C=N–C) groups is 1. The van der Waals surface area contributed by atoms with Gasteiger partial charge >= 0.3 is 5.97 Å². The second-order valence-electron chi connectivity index (χ2n) is 4.69. The van der Waals surface area contributed by atoms with Crippen LogP contribution in [0.5, 0.6) is 0 Å². The fraction of sp³-hybridized carbons (Fsp3) is 0.846. The largest absolute Gasteiger partial charge is 0.480 e. The first-order chi connectivity index (χ1) is 9.07. The van der Waals surface area contributed by atoms with E-state index < -0.39 is 12.0 Å². The fourth-order valence-electron chi connectivity index (χ4n) is 1.63. The topological polar surface area (TPSA) is 114 Å². The van der Waals surface area contributed by atoms with Crippen LogP contribution in [0.2, 0.25) is 0 Å². The lowest BCUT2D eigenvalue weighted by molar-refractivity contribution is -0.138. The number of nitrogens with zero attached hydrogens (tertiary/aromatic N) is 1. The van der Waals surface area contributed by atoms with Crippen molar-refractivity contribution in [3.8, 4) is 0 Å². The summed E-state index contributed by atoms with van der Waals surface area (Å²) < 4.78 is 0. The zero-order chi connectivity index (χ0) is 14.5. The van der Waals surface area contributed by atoms with E-state index in [0.717, 1.165) is 13.0 Å². The SMILES string of the molecule is CCCCCCCCN=C(N)NCCC(N)C(=O)O. The maximum atomic E-state index is 10.5. The number of rotatable bonds is 11. The van der Waals surface area contributed by atoms with E-state index >= 15 is 0 Å². The lowest BCUT2D eigenvalue weighted by Gasteiger charge is -2.08. The van der Waals surface area contributed by atoms with E-state index in [9.17, 15) is 4.79 Å². The van der Waals surface area contributed by atoms with Crippen LogP contribution in [0.3, 0.4) is 0 Å². The highest BCUT2D eigenvalue weighted by atomic mass is 16.4. The van der Waals surface area contributed by atoms with E-state index in [1.165, 1.54) is 32.1 Å². The number of hydrogen-bond acceptors (Lipinski definition) is 3. The Labute approximate surface area is 115 Å². The van der Waals surface area contributed by atoms with Crippen LogP contribution in [0.1, 0.15) is 51.9 Å². The van der Waals surface area contributed by atoms with E-state index in [2.05, 4.69) is 17.2 Å². The molecule has 0 aromatic rings. The third kappa shape index (κ3) is 11.5. The maximum absolute atomic E-state index is 10.5. The number of aliphatic carboxylic acids is 1. The third-order valence-electron chi connectivity index (χ3n) is 2.87. The second-order valence-corrected chi connectivity index (χ2v) is 4.69. The van der Waals surface area contributed by atoms with Crippen molar-refractivity contribution in [3.05, 3.63) is 0 Å². The van der Waals surface area contributed by atoms with E-state index in [4.69, 9.17) is 16.6 Å². The van der Waals surface area contributed by atoms with Gasteiger partial charge in [0.05, 0.1) is 0 Å². The van der Waals surface area contributed by atoms with E-state index in [-0.39, 0.29) is 0 Å². The monoisotopic (exact) mass is 272 g/mol. The zero-order valence-electron chi connectivity index (χ0n) is 11.9. The standard InChI is InChI=1S/C13H28N4O2/c1-2-3-4-5-6-7-9-16-13(15)17-10-8-11(14)12(18)19/h11H,2-10,14H2,1H3,(H,18,19)(H3,15,16,17). The molecule has 0 aliphatic carbocycles. The molecule has 0 bridgehead atoms. The summed E-state index contributed by atoms with van der Waals surface area (Å²) in [6.07, 6.45) is 7.67. The van der Waals surface area contributed by atoms with Gasteiger partial charge in [-0.2, -0.15) is 0 Å². The molecule has 0 fully saturated rings. The molecule has 6 N–H and O–H groups in total. The number of unbranched alkanes of at least 4 members (excludes halogenated alkanes) is 5.